The second kappa shape index (κ2) is 6.52. The van der Waals surface area contributed by atoms with Crippen molar-refractivity contribution < 1.29 is 9.90 Å². The molecule has 0 amide bonds. The van der Waals surface area contributed by atoms with Crippen molar-refractivity contribution in [1.82, 2.24) is 20.3 Å². The molecule has 1 fully saturated rings. The molecule has 4 rings (SSSR count). The van der Waals surface area contributed by atoms with Crippen LogP contribution in [-0.4, -0.2) is 45.2 Å². The summed E-state index contributed by atoms with van der Waals surface area (Å²) in [7, 11) is 0. The lowest BCUT2D eigenvalue weighted by Gasteiger charge is -2.24. The number of H-pyrrole nitrogens is 1. The average molecular weight is 337 g/mol. The van der Waals surface area contributed by atoms with Gasteiger partial charge in [0, 0.05) is 29.4 Å². The van der Waals surface area contributed by atoms with Crippen molar-refractivity contribution in [2.45, 2.75) is 18.9 Å². The zero-order valence-corrected chi connectivity index (χ0v) is 13.6. The lowest BCUT2D eigenvalue weighted by atomic mass is 10.1. The SMILES string of the molecule is O=C(O)c1ccc(-c2cc(NC3CCNCC3)nc3[nH]ccc23)nc1. The molecule has 0 spiro atoms. The maximum Gasteiger partial charge on any atom is 0.337 e. The van der Waals surface area contributed by atoms with Crippen LogP contribution in [0.5, 0.6) is 0 Å². The fraction of sp³-hybridized carbons (Fsp3) is 0.278. The Morgan fingerprint density at radius 2 is 2.08 bits per heavy atom. The molecule has 3 aromatic rings. The standard InChI is InChI=1S/C18H19N5O2/c24-18(25)11-1-2-15(21-10-11)14-9-16(22-12-3-6-19-7-4-12)23-17-13(14)5-8-20-17/h1-2,5,8-10,12,19H,3-4,6-7H2,(H,24,25)(H2,20,22,23). The number of hydrogen-bond acceptors (Lipinski definition) is 5. The molecule has 3 aromatic heterocycles. The summed E-state index contributed by atoms with van der Waals surface area (Å²) in [5, 5.41) is 16.9. The lowest BCUT2D eigenvalue weighted by Crippen LogP contribution is -2.35. The van der Waals surface area contributed by atoms with E-state index in [-0.39, 0.29) is 5.56 Å². The zero-order chi connectivity index (χ0) is 17.2. The predicted octanol–water partition coefficient (Wildman–Crippen LogP) is 2.49. The number of carbonyl (C=O) groups is 1. The van der Waals surface area contributed by atoms with Crippen molar-refractivity contribution in [2.24, 2.45) is 0 Å². The third-order valence-electron chi connectivity index (χ3n) is 4.51. The molecule has 128 valence electrons. The topological polar surface area (TPSA) is 103 Å². The number of aromatic amines is 1. The Morgan fingerprint density at radius 1 is 1.24 bits per heavy atom. The molecule has 4 heterocycles. The minimum Gasteiger partial charge on any atom is -0.478 e. The van der Waals surface area contributed by atoms with Crippen molar-refractivity contribution in [2.75, 3.05) is 18.4 Å². The largest absolute Gasteiger partial charge is 0.478 e. The molecule has 0 atom stereocenters. The van der Waals surface area contributed by atoms with Gasteiger partial charge in [0.2, 0.25) is 0 Å². The number of nitrogens with one attached hydrogen (secondary N) is 3. The van der Waals surface area contributed by atoms with E-state index in [1.807, 2.05) is 18.3 Å². The van der Waals surface area contributed by atoms with E-state index in [0.29, 0.717) is 6.04 Å². The van der Waals surface area contributed by atoms with Gasteiger partial charge in [0.1, 0.15) is 11.5 Å². The van der Waals surface area contributed by atoms with E-state index in [1.54, 1.807) is 12.1 Å². The Bertz CT molecular complexity index is 897. The molecule has 25 heavy (non-hydrogen) atoms. The number of rotatable bonds is 4. The highest BCUT2D eigenvalue weighted by Gasteiger charge is 2.16. The number of piperidine rings is 1. The van der Waals surface area contributed by atoms with Gasteiger partial charge in [-0.3, -0.25) is 4.98 Å². The van der Waals surface area contributed by atoms with Crippen molar-refractivity contribution in [3.05, 3.63) is 42.2 Å². The number of nitrogens with zero attached hydrogens (tertiary/aromatic N) is 2. The summed E-state index contributed by atoms with van der Waals surface area (Å²) in [6.45, 7) is 2.01. The molecule has 1 saturated heterocycles. The first kappa shape index (κ1) is 15.6. The number of carboxylic acids is 1. The van der Waals surface area contributed by atoms with Crippen LogP contribution in [0.1, 0.15) is 23.2 Å². The van der Waals surface area contributed by atoms with Gasteiger partial charge in [-0.2, -0.15) is 0 Å². The van der Waals surface area contributed by atoms with Crippen LogP contribution < -0.4 is 10.6 Å². The van der Waals surface area contributed by atoms with Gasteiger partial charge in [-0.05, 0) is 50.2 Å². The monoisotopic (exact) mass is 337 g/mol. The summed E-state index contributed by atoms with van der Waals surface area (Å²) in [5.74, 6) is -0.171. The van der Waals surface area contributed by atoms with E-state index in [4.69, 9.17) is 5.11 Å². The van der Waals surface area contributed by atoms with Gasteiger partial charge in [-0.25, -0.2) is 9.78 Å². The van der Waals surface area contributed by atoms with E-state index in [1.165, 1.54) is 6.20 Å². The van der Waals surface area contributed by atoms with Gasteiger partial charge < -0.3 is 20.7 Å². The van der Waals surface area contributed by atoms with Crippen LogP contribution in [-0.2, 0) is 0 Å². The van der Waals surface area contributed by atoms with Crippen molar-refractivity contribution in [1.29, 1.82) is 0 Å². The molecule has 0 unspecified atom stereocenters. The zero-order valence-electron chi connectivity index (χ0n) is 13.6. The first-order valence-corrected chi connectivity index (χ1v) is 8.36. The Balaban J connectivity index is 1.71. The normalized spacial score (nSPS) is 15.4. The van der Waals surface area contributed by atoms with E-state index in [0.717, 1.165) is 54.0 Å². The van der Waals surface area contributed by atoms with E-state index in [2.05, 4.69) is 25.6 Å². The number of fused-ring (bicyclic) bond motifs is 1. The van der Waals surface area contributed by atoms with E-state index in [9.17, 15) is 4.79 Å². The number of carboxylic acid groups (broad SMARTS) is 1. The molecule has 1 aliphatic rings. The van der Waals surface area contributed by atoms with Crippen LogP contribution in [0.4, 0.5) is 5.82 Å². The Kier molecular flexibility index (Phi) is 4.07. The molecular formula is C18H19N5O2. The second-order valence-electron chi connectivity index (χ2n) is 6.20. The van der Waals surface area contributed by atoms with Crippen LogP contribution >= 0.6 is 0 Å². The number of anilines is 1. The van der Waals surface area contributed by atoms with Gasteiger partial charge in [0.15, 0.2) is 0 Å². The van der Waals surface area contributed by atoms with Crippen molar-refractivity contribution >= 4 is 22.8 Å². The van der Waals surface area contributed by atoms with Gasteiger partial charge in [0.25, 0.3) is 0 Å². The number of aromatic carboxylic acids is 1. The quantitative estimate of drug-likeness (QED) is 0.583. The third-order valence-corrected chi connectivity index (χ3v) is 4.51. The lowest BCUT2D eigenvalue weighted by molar-refractivity contribution is 0.0696. The molecule has 7 nitrogen and oxygen atoms in total. The van der Waals surface area contributed by atoms with Crippen molar-refractivity contribution in [3.63, 3.8) is 0 Å². The van der Waals surface area contributed by atoms with Gasteiger partial charge in [0.05, 0.1) is 11.3 Å². The molecular weight excluding hydrogens is 318 g/mol. The van der Waals surface area contributed by atoms with Gasteiger partial charge >= 0.3 is 5.97 Å². The molecule has 0 aromatic carbocycles. The summed E-state index contributed by atoms with van der Waals surface area (Å²) in [5.41, 5.74) is 2.62. The van der Waals surface area contributed by atoms with Crippen LogP contribution in [0.25, 0.3) is 22.3 Å². The Labute approximate surface area is 144 Å². The van der Waals surface area contributed by atoms with Crippen LogP contribution in [0.3, 0.4) is 0 Å². The first-order valence-electron chi connectivity index (χ1n) is 8.36. The summed E-state index contributed by atoms with van der Waals surface area (Å²) in [4.78, 5) is 23.2. The maximum absolute atomic E-state index is 11.0. The first-order chi connectivity index (χ1) is 12.2. The summed E-state index contributed by atoms with van der Waals surface area (Å²) in [6.07, 6.45) is 5.36. The maximum atomic E-state index is 11.0. The van der Waals surface area contributed by atoms with E-state index < -0.39 is 5.97 Å². The number of aromatic nitrogens is 3. The summed E-state index contributed by atoms with van der Waals surface area (Å²) in [6, 6.07) is 7.65. The molecule has 0 saturated carbocycles. The average Bonchev–Trinajstić information content (AvgIpc) is 3.10. The highest BCUT2D eigenvalue weighted by Crippen LogP contribution is 2.29. The fourth-order valence-electron chi connectivity index (χ4n) is 3.18. The van der Waals surface area contributed by atoms with Crippen LogP contribution in [0.15, 0.2) is 36.7 Å². The highest BCUT2D eigenvalue weighted by molar-refractivity contribution is 5.94. The summed E-state index contributed by atoms with van der Waals surface area (Å²) < 4.78 is 0. The number of pyridine rings is 2. The minimum atomic E-state index is -0.978. The molecule has 1 aliphatic heterocycles. The molecule has 7 heteroatoms. The molecule has 0 radical (unpaired) electrons. The van der Waals surface area contributed by atoms with Gasteiger partial charge in [-0.15, -0.1) is 0 Å². The minimum absolute atomic E-state index is 0.177. The smallest absolute Gasteiger partial charge is 0.337 e. The van der Waals surface area contributed by atoms with Crippen LogP contribution in [0, 0.1) is 0 Å². The Morgan fingerprint density at radius 3 is 2.80 bits per heavy atom. The Hall–Kier alpha value is -2.93. The second-order valence-corrected chi connectivity index (χ2v) is 6.20. The van der Waals surface area contributed by atoms with Crippen LogP contribution in [0.2, 0.25) is 0 Å². The fourth-order valence-corrected chi connectivity index (χ4v) is 3.18. The highest BCUT2D eigenvalue weighted by atomic mass is 16.4. The summed E-state index contributed by atoms with van der Waals surface area (Å²) >= 11 is 0. The third kappa shape index (κ3) is 3.18. The number of hydrogen-bond donors (Lipinski definition) is 4. The molecule has 0 aliphatic carbocycles. The molecule has 4 N–H and O–H groups in total. The van der Waals surface area contributed by atoms with Crippen molar-refractivity contribution in [3.8, 4) is 11.3 Å². The predicted molar refractivity (Wildman–Crippen MR) is 95.8 cm³/mol. The van der Waals surface area contributed by atoms with Gasteiger partial charge in [-0.1, -0.05) is 0 Å². The van der Waals surface area contributed by atoms with E-state index >= 15 is 0 Å². The molecule has 0 bridgehead atoms.